The summed E-state index contributed by atoms with van der Waals surface area (Å²) in [6.07, 6.45) is 0. The first-order chi connectivity index (χ1) is 5.73. The minimum atomic E-state index is -0.833. The Bertz CT molecular complexity index is 88.1. The molecule has 1 fully saturated rings. The van der Waals surface area contributed by atoms with E-state index < -0.39 is 6.03 Å². The molecule has 0 aromatic carbocycles. The van der Waals surface area contributed by atoms with Gasteiger partial charge in [0.15, 0.2) is 0 Å². The van der Waals surface area contributed by atoms with Crippen LogP contribution in [0.25, 0.3) is 0 Å². The van der Waals surface area contributed by atoms with Crippen LogP contribution in [0.2, 0.25) is 0 Å². The van der Waals surface area contributed by atoms with Crippen LogP contribution in [-0.4, -0.2) is 32.2 Å². The molecule has 6 N–H and O–H groups in total. The summed E-state index contributed by atoms with van der Waals surface area (Å²) in [4.78, 5) is 9.00. The minimum absolute atomic E-state index is 0.833. The van der Waals surface area contributed by atoms with Crippen LogP contribution in [-0.2, 0) is 0 Å². The van der Waals surface area contributed by atoms with Crippen molar-refractivity contribution in [2.24, 2.45) is 11.5 Å². The van der Waals surface area contributed by atoms with E-state index in [1.807, 2.05) is 0 Å². The predicted octanol–water partition coefficient (Wildman–Crippen LogP) is -0.995. The van der Waals surface area contributed by atoms with Gasteiger partial charge in [-0.3, -0.25) is 0 Å². The Hall–Kier alpha value is -1.07. The van der Waals surface area contributed by atoms with Gasteiger partial charge in [-0.15, -0.1) is 13.2 Å². The Kier molecular flexibility index (Phi) is 14.2. The Morgan fingerprint density at radius 2 is 1.17 bits per heavy atom. The van der Waals surface area contributed by atoms with Crippen molar-refractivity contribution in [2.45, 2.75) is 0 Å². The lowest BCUT2D eigenvalue weighted by atomic mass is 10.4. The van der Waals surface area contributed by atoms with Crippen molar-refractivity contribution in [1.29, 1.82) is 0 Å². The van der Waals surface area contributed by atoms with E-state index in [1.54, 1.807) is 0 Å². The maximum atomic E-state index is 9.00. The molecule has 0 radical (unpaired) electrons. The lowest BCUT2D eigenvalue weighted by Gasteiger charge is -2.11. The van der Waals surface area contributed by atoms with Crippen molar-refractivity contribution in [3.05, 3.63) is 13.2 Å². The lowest BCUT2D eigenvalue weighted by Crippen LogP contribution is -2.39. The van der Waals surface area contributed by atoms with E-state index in [4.69, 9.17) is 4.79 Å². The monoisotopic (exact) mass is 174 g/mol. The zero-order valence-electron chi connectivity index (χ0n) is 7.31. The molecule has 1 aliphatic rings. The fraction of sp³-hybridized carbons (Fsp3) is 0.571. The van der Waals surface area contributed by atoms with Crippen LogP contribution < -0.4 is 22.1 Å². The molecule has 1 heterocycles. The molecule has 0 aromatic heterocycles. The first kappa shape index (κ1) is 13.5. The number of carbonyl (C=O) groups excluding carboxylic acids is 1. The molecule has 0 saturated carbocycles. The van der Waals surface area contributed by atoms with E-state index in [1.165, 1.54) is 0 Å². The zero-order valence-corrected chi connectivity index (χ0v) is 7.31. The molecular weight excluding hydrogens is 156 g/mol. The molecule has 1 aliphatic heterocycles. The van der Waals surface area contributed by atoms with Crippen LogP contribution in [0.3, 0.4) is 0 Å². The lowest BCUT2D eigenvalue weighted by molar-refractivity contribution is 0.256. The van der Waals surface area contributed by atoms with Gasteiger partial charge in [0.1, 0.15) is 0 Å². The van der Waals surface area contributed by atoms with E-state index >= 15 is 0 Å². The van der Waals surface area contributed by atoms with Crippen LogP contribution in [0, 0.1) is 0 Å². The normalized spacial score (nSPS) is 14.3. The van der Waals surface area contributed by atoms with Crippen LogP contribution in [0.4, 0.5) is 4.79 Å². The fourth-order valence-corrected chi connectivity index (χ4v) is 0.604. The van der Waals surface area contributed by atoms with Gasteiger partial charge in [0.05, 0.1) is 0 Å². The molecule has 0 aliphatic carbocycles. The van der Waals surface area contributed by atoms with Gasteiger partial charge in [-0.25, -0.2) is 4.79 Å². The number of hydrogen-bond acceptors (Lipinski definition) is 3. The van der Waals surface area contributed by atoms with Crippen molar-refractivity contribution in [3.63, 3.8) is 0 Å². The van der Waals surface area contributed by atoms with Crippen LogP contribution in [0.15, 0.2) is 13.2 Å². The SMILES string of the molecule is C1CNCCN1.C=C.NC(N)=O. The molecule has 0 aromatic rings. The van der Waals surface area contributed by atoms with Crippen molar-refractivity contribution in [3.8, 4) is 0 Å². The number of primary amides is 2. The third kappa shape index (κ3) is 23.1. The van der Waals surface area contributed by atoms with Gasteiger partial charge in [0.2, 0.25) is 0 Å². The van der Waals surface area contributed by atoms with E-state index in [9.17, 15) is 0 Å². The number of urea groups is 1. The first-order valence-electron chi connectivity index (χ1n) is 3.70. The van der Waals surface area contributed by atoms with E-state index in [0.717, 1.165) is 26.2 Å². The number of hydrogen-bond donors (Lipinski definition) is 4. The summed E-state index contributed by atoms with van der Waals surface area (Å²) in [5.74, 6) is 0. The van der Waals surface area contributed by atoms with Gasteiger partial charge in [0, 0.05) is 26.2 Å². The summed E-state index contributed by atoms with van der Waals surface area (Å²) >= 11 is 0. The minimum Gasteiger partial charge on any atom is -0.352 e. The third-order valence-electron chi connectivity index (χ3n) is 0.957. The van der Waals surface area contributed by atoms with Crippen LogP contribution in [0.5, 0.6) is 0 Å². The maximum absolute atomic E-state index is 9.00. The zero-order chi connectivity index (χ0) is 9.82. The molecule has 2 amide bonds. The Morgan fingerprint density at radius 1 is 1.00 bits per heavy atom. The molecule has 5 nitrogen and oxygen atoms in total. The van der Waals surface area contributed by atoms with Crippen LogP contribution in [0.1, 0.15) is 0 Å². The van der Waals surface area contributed by atoms with Crippen molar-refractivity contribution in [1.82, 2.24) is 10.6 Å². The summed E-state index contributed by atoms with van der Waals surface area (Å²) in [6, 6.07) is -0.833. The largest absolute Gasteiger partial charge is 0.352 e. The smallest absolute Gasteiger partial charge is 0.309 e. The van der Waals surface area contributed by atoms with Gasteiger partial charge < -0.3 is 22.1 Å². The highest BCUT2D eigenvalue weighted by atomic mass is 16.2. The second-order valence-corrected chi connectivity index (χ2v) is 1.90. The number of carbonyl (C=O) groups is 1. The van der Waals surface area contributed by atoms with Gasteiger partial charge >= 0.3 is 6.03 Å². The maximum Gasteiger partial charge on any atom is 0.309 e. The number of rotatable bonds is 0. The summed E-state index contributed by atoms with van der Waals surface area (Å²) in [5.41, 5.74) is 8.50. The average Bonchev–Trinajstić information content (AvgIpc) is 2.10. The van der Waals surface area contributed by atoms with Crippen molar-refractivity contribution in [2.75, 3.05) is 26.2 Å². The number of piperazine rings is 1. The van der Waals surface area contributed by atoms with Gasteiger partial charge in [-0.2, -0.15) is 0 Å². The highest BCUT2D eigenvalue weighted by molar-refractivity contribution is 5.69. The summed E-state index contributed by atoms with van der Waals surface area (Å²) in [6.45, 7) is 10.6. The molecule has 0 spiro atoms. The summed E-state index contributed by atoms with van der Waals surface area (Å²) in [5, 5.41) is 6.44. The molecule has 1 rings (SSSR count). The van der Waals surface area contributed by atoms with E-state index in [2.05, 4.69) is 35.3 Å². The second kappa shape index (κ2) is 12.6. The molecule has 0 unspecified atom stereocenters. The molecule has 12 heavy (non-hydrogen) atoms. The van der Waals surface area contributed by atoms with Crippen LogP contribution >= 0.6 is 0 Å². The molecular formula is C7H18N4O. The highest BCUT2D eigenvalue weighted by Crippen LogP contribution is 1.65. The first-order valence-corrected chi connectivity index (χ1v) is 3.70. The predicted molar refractivity (Wildman–Crippen MR) is 50.8 cm³/mol. The number of amides is 2. The quantitative estimate of drug-likeness (QED) is 0.355. The standard InChI is InChI=1S/C4H10N2.C2H4.CH4N2O/c1-2-6-4-3-5-1;1-2;2-1(3)4/h5-6H,1-4H2;1-2H2;(H4,2,3,4). The topological polar surface area (TPSA) is 93.2 Å². The fourth-order valence-electron chi connectivity index (χ4n) is 0.604. The number of nitrogens with two attached hydrogens (primary N) is 2. The van der Waals surface area contributed by atoms with Gasteiger partial charge in [0.25, 0.3) is 0 Å². The molecule has 0 atom stereocenters. The number of nitrogens with one attached hydrogen (secondary N) is 2. The Morgan fingerprint density at radius 3 is 1.25 bits per heavy atom. The van der Waals surface area contributed by atoms with Gasteiger partial charge in [-0.1, -0.05) is 0 Å². The van der Waals surface area contributed by atoms with E-state index in [-0.39, 0.29) is 0 Å². The molecule has 0 bridgehead atoms. The molecule has 5 heteroatoms. The van der Waals surface area contributed by atoms with Gasteiger partial charge in [-0.05, 0) is 0 Å². The van der Waals surface area contributed by atoms with Crippen molar-refractivity contribution < 1.29 is 4.79 Å². The van der Waals surface area contributed by atoms with Crippen molar-refractivity contribution >= 4 is 6.03 Å². The molecule has 1 saturated heterocycles. The second-order valence-electron chi connectivity index (χ2n) is 1.90. The Balaban J connectivity index is 0. The third-order valence-corrected chi connectivity index (χ3v) is 0.957. The Labute approximate surface area is 73.2 Å². The summed E-state index contributed by atoms with van der Waals surface area (Å²) in [7, 11) is 0. The molecule has 72 valence electrons. The summed E-state index contributed by atoms with van der Waals surface area (Å²) < 4.78 is 0. The highest BCUT2D eigenvalue weighted by Gasteiger charge is 1.91. The average molecular weight is 174 g/mol. The van der Waals surface area contributed by atoms with E-state index in [0.29, 0.717) is 0 Å².